The fourth-order valence-electron chi connectivity index (χ4n) is 0.403. The zero-order chi connectivity index (χ0) is 11.0. The summed E-state index contributed by atoms with van der Waals surface area (Å²) in [5.74, 6) is 4.76. The largest absolute Gasteiger partial charge is 0.472 e. The number of nitrogens with one attached hydrogen (secondary N) is 1. The summed E-state index contributed by atoms with van der Waals surface area (Å²) in [4.78, 5) is 19.6. The molecular weight excluding hydrogens is 215 g/mol. The number of hydrazine groups is 1. The van der Waals surface area contributed by atoms with Crippen LogP contribution in [0.4, 0.5) is 4.79 Å². The predicted octanol–water partition coefficient (Wildman–Crippen LogP) is 0.699. The smallest absolute Gasteiger partial charge is 0.283 e. The van der Waals surface area contributed by atoms with Crippen molar-refractivity contribution >= 4 is 13.2 Å². The van der Waals surface area contributed by atoms with Crippen molar-refractivity contribution in [3.8, 4) is 0 Å². The van der Waals surface area contributed by atoms with Gasteiger partial charge in [0.05, 0.1) is 13.2 Å². The van der Waals surface area contributed by atoms with Crippen LogP contribution in [0.15, 0.2) is 0 Å². The molecule has 0 aromatic rings. The Hall–Kier alpha value is -0.500. The van der Waals surface area contributed by atoms with E-state index in [0.717, 1.165) is 0 Å². The summed E-state index contributed by atoms with van der Waals surface area (Å²) in [6, 6.07) is 0. The second-order valence-electron chi connectivity index (χ2n) is 1.91. The van der Waals surface area contributed by atoms with Gasteiger partial charge in [-0.1, -0.05) is 0 Å². The fourth-order valence-corrected chi connectivity index (χ4v) is 1.21. The van der Waals surface area contributed by atoms with Gasteiger partial charge in [-0.25, -0.2) is 20.2 Å². The van der Waals surface area contributed by atoms with E-state index in [1.165, 1.54) is 0 Å². The second-order valence-corrected chi connectivity index (χ2v) is 3.61. The van der Waals surface area contributed by atoms with Crippen LogP contribution in [0.5, 0.6) is 0 Å². The Morgan fingerprint density at radius 3 is 2.00 bits per heavy atom. The SMILES string of the molecule is CCOOP(=O)(OOCC)C(=O)NN. The van der Waals surface area contributed by atoms with Crippen molar-refractivity contribution in [3.05, 3.63) is 0 Å². The zero-order valence-corrected chi connectivity index (χ0v) is 8.78. The minimum atomic E-state index is -4.16. The molecule has 0 atom stereocenters. The molecule has 0 saturated carbocycles. The summed E-state index contributed by atoms with van der Waals surface area (Å²) in [6.07, 6.45) is 0. The second kappa shape index (κ2) is 6.88. The Bertz CT molecular complexity index is 210. The molecule has 9 heteroatoms. The first-order valence-corrected chi connectivity index (χ1v) is 5.38. The molecule has 0 rings (SSSR count). The van der Waals surface area contributed by atoms with Crippen LogP contribution in [-0.4, -0.2) is 18.9 Å². The first kappa shape index (κ1) is 13.5. The van der Waals surface area contributed by atoms with Gasteiger partial charge in [-0.2, -0.15) is 0 Å². The van der Waals surface area contributed by atoms with Crippen molar-refractivity contribution in [2.24, 2.45) is 5.84 Å². The number of rotatable bonds is 7. The molecule has 0 radical (unpaired) electrons. The van der Waals surface area contributed by atoms with Crippen molar-refractivity contribution < 1.29 is 28.5 Å². The van der Waals surface area contributed by atoms with E-state index in [4.69, 9.17) is 5.84 Å². The molecule has 3 N–H and O–H groups in total. The predicted molar refractivity (Wildman–Crippen MR) is 45.7 cm³/mol. The first-order valence-electron chi connectivity index (χ1n) is 3.84. The number of hydrogen-bond donors (Lipinski definition) is 2. The van der Waals surface area contributed by atoms with Crippen molar-refractivity contribution in [1.82, 2.24) is 5.43 Å². The lowest BCUT2D eigenvalue weighted by molar-refractivity contribution is -0.260. The third-order valence-corrected chi connectivity index (χ3v) is 2.14. The van der Waals surface area contributed by atoms with Crippen LogP contribution in [0.3, 0.4) is 0 Å². The standard InChI is InChI=1S/C5H13N2O6P/c1-3-10-12-14(9,5(8)7-6)13-11-4-2/h3-4,6H2,1-2H3,(H,7,8). The summed E-state index contributed by atoms with van der Waals surface area (Å²) in [6.45, 7) is 3.34. The van der Waals surface area contributed by atoms with Gasteiger partial charge in [0, 0.05) is 0 Å². The van der Waals surface area contributed by atoms with E-state index in [9.17, 15) is 9.36 Å². The summed E-state index contributed by atoms with van der Waals surface area (Å²) in [7, 11) is -4.16. The van der Waals surface area contributed by atoms with E-state index in [2.05, 4.69) is 19.1 Å². The summed E-state index contributed by atoms with van der Waals surface area (Å²) < 4.78 is 20.0. The molecule has 0 saturated heterocycles. The molecule has 0 aliphatic heterocycles. The Balaban J connectivity index is 4.33. The van der Waals surface area contributed by atoms with E-state index < -0.39 is 13.2 Å². The van der Waals surface area contributed by atoms with Crippen LogP contribution in [0.1, 0.15) is 13.8 Å². The number of hydrogen-bond acceptors (Lipinski definition) is 7. The molecule has 0 fully saturated rings. The third-order valence-electron chi connectivity index (χ3n) is 0.910. The molecule has 0 spiro atoms. The summed E-state index contributed by atoms with van der Waals surface area (Å²) >= 11 is 0. The molecule has 84 valence electrons. The molecule has 0 heterocycles. The maximum Gasteiger partial charge on any atom is 0.472 e. The van der Waals surface area contributed by atoms with Gasteiger partial charge in [0.15, 0.2) is 0 Å². The van der Waals surface area contributed by atoms with Crippen molar-refractivity contribution in [3.63, 3.8) is 0 Å². The minimum absolute atomic E-state index is 0.0946. The van der Waals surface area contributed by atoms with Gasteiger partial charge in [-0.05, 0) is 13.8 Å². The van der Waals surface area contributed by atoms with E-state index in [1.807, 2.05) is 0 Å². The Labute approximate surface area is 81.0 Å². The minimum Gasteiger partial charge on any atom is -0.283 e. The van der Waals surface area contributed by atoms with Gasteiger partial charge in [0.25, 0.3) is 0 Å². The zero-order valence-electron chi connectivity index (χ0n) is 7.89. The Kier molecular flexibility index (Phi) is 6.64. The lowest BCUT2D eigenvalue weighted by Crippen LogP contribution is -2.29. The molecule has 0 aromatic carbocycles. The molecule has 0 aromatic heterocycles. The molecule has 1 amide bonds. The molecule has 14 heavy (non-hydrogen) atoms. The summed E-state index contributed by atoms with van der Waals surface area (Å²) in [5.41, 5.74) is 0.458. The van der Waals surface area contributed by atoms with Crippen LogP contribution in [0, 0.1) is 0 Å². The first-order chi connectivity index (χ1) is 6.60. The maximum atomic E-state index is 11.5. The fraction of sp³-hybridized carbons (Fsp3) is 0.800. The highest BCUT2D eigenvalue weighted by atomic mass is 31.2. The normalized spacial score (nSPS) is 11.4. The van der Waals surface area contributed by atoms with Crippen molar-refractivity contribution in [2.75, 3.05) is 13.2 Å². The van der Waals surface area contributed by atoms with Gasteiger partial charge in [0.2, 0.25) is 0 Å². The number of carbonyl (C=O) groups excluding carboxylic acids is 1. The van der Waals surface area contributed by atoms with Gasteiger partial charge >= 0.3 is 13.2 Å². The lowest BCUT2D eigenvalue weighted by Gasteiger charge is -2.12. The highest BCUT2D eigenvalue weighted by Crippen LogP contribution is 2.48. The van der Waals surface area contributed by atoms with Crippen molar-refractivity contribution in [2.45, 2.75) is 13.8 Å². The van der Waals surface area contributed by atoms with Gasteiger partial charge in [-0.3, -0.25) is 10.2 Å². The molecule has 0 bridgehead atoms. The van der Waals surface area contributed by atoms with Gasteiger partial charge < -0.3 is 0 Å². The quantitative estimate of drug-likeness (QED) is 0.217. The molecular formula is C5H13N2O6P. The van der Waals surface area contributed by atoms with Gasteiger partial charge in [0.1, 0.15) is 0 Å². The van der Waals surface area contributed by atoms with E-state index >= 15 is 0 Å². The molecule has 0 unspecified atom stereocenters. The summed E-state index contributed by atoms with van der Waals surface area (Å²) in [5, 5.41) is 0. The van der Waals surface area contributed by atoms with E-state index in [-0.39, 0.29) is 13.2 Å². The van der Waals surface area contributed by atoms with Crippen molar-refractivity contribution in [1.29, 1.82) is 0 Å². The van der Waals surface area contributed by atoms with Crippen LogP contribution < -0.4 is 11.3 Å². The monoisotopic (exact) mass is 228 g/mol. The Morgan fingerprint density at radius 1 is 1.29 bits per heavy atom. The highest BCUT2D eigenvalue weighted by molar-refractivity contribution is 7.71. The molecule has 8 nitrogen and oxygen atoms in total. The number of amides is 1. The molecule has 0 aliphatic carbocycles. The van der Waals surface area contributed by atoms with Crippen LogP contribution in [-0.2, 0) is 23.7 Å². The average molecular weight is 228 g/mol. The van der Waals surface area contributed by atoms with Gasteiger partial charge in [-0.15, -0.1) is 9.35 Å². The van der Waals surface area contributed by atoms with E-state index in [1.54, 1.807) is 19.3 Å². The highest BCUT2D eigenvalue weighted by Gasteiger charge is 2.38. The number of carbonyl (C=O) groups is 1. The topological polar surface area (TPSA) is 109 Å². The number of nitrogens with two attached hydrogens (primary N) is 1. The van der Waals surface area contributed by atoms with Crippen LogP contribution in [0.25, 0.3) is 0 Å². The lowest BCUT2D eigenvalue weighted by atomic mass is 10.9. The Morgan fingerprint density at radius 2 is 1.71 bits per heavy atom. The average Bonchev–Trinajstić information content (AvgIpc) is 2.22. The third kappa shape index (κ3) is 4.14. The van der Waals surface area contributed by atoms with Crippen LogP contribution in [0.2, 0.25) is 0 Å². The van der Waals surface area contributed by atoms with Crippen LogP contribution >= 0.6 is 7.60 Å². The maximum absolute atomic E-state index is 11.5. The molecule has 0 aliphatic rings. The van der Waals surface area contributed by atoms with E-state index in [0.29, 0.717) is 0 Å².